The van der Waals surface area contributed by atoms with Crippen molar-refractivity contribution in [2.24, 2.45) is 5.92 Å². The summed E-state index contributed by atoms with van der Waals surface area (Å²) >= 11 is 6.83. The van der Waals surface area contributed by atoms with E-state index in [2.05, 4.69) is 36.7 Å². The molecule has 0 spiro atoms. The molecule has 0 bridgehead atoms. The lowest BCUT2D eigenvalue weighted by atomic mass is 10.1. The third-order valence-corrected chi connectivity index (χ3v) is 6.26. The van der Waals surface area contributed by atoms with Gasteiger partial charge in [-0.2, -0.15) is 5.10 Å². The fourth-order valence-electron chi connectivity index (χ4n) is 4.42. The van der Waals surface area contributed by atoms with Crippen LogP contribution < -0.4 is 4.90 Å². The van der Waals surface area contributed by atoms with Crippen LogP contribution in [0.15, 0.2) is 12.3 Å². The molecule has 148 valence electrons. The van der Waals surface area contributed by atoms with E-state index < -0.39 is 0 Å². The first-order valence-electron chi connectivity index (χ1n) is 10.4. The van der Waals surface area contributed by atoms with Crippen LogP contribution in [0.25, 0.3) is 11.0 Å². The Morgan fingerprint density at radius 1 is 1.25 bits per heavy atom. The molecule has 1 unspecified atom stereocenters. The molecule has 1 saturated carbocycles. The minimum Gasteiger partial charge on any atom is -0.349 e. The number of nitrogens with zero attached hydrogens (tertiary/aromatic N) is 5. The quantitative estimate of drug-likeness (QED) is 0.657. The van der Waals surface area contributed by atoms with Crippen molar-refractivity contribution in [1.29, 1.82) is 0 Å². The maximum absolute atomic E-state index is 6.83. The average molecular weight is 399 g/mol. The third-order valence-electron chi connectivity index (χ3n) is 5.86. The molecule has 2 fully saturated rings. The van der Waals surface area contributed by atoms with Gasteiger partial charge in [-0.3, -0.25) is 4.68 Å². The lowest BCUT2D eigenvalue weighted by Crippen LogP contribution is -2.25. The Labute approximate surface area is 170 Å². The van der Waals surface area contributed by atoms with Crippen LogP contribution in [0.4, 0.5) is 5.82 Å². The van der Waals surface area contributed by atoms with Crippen LogP contribution in [-0.4, -0.2) is 31.3 Å². The summed E-state index contributed by atoms with van der Waals surface area (Å²) in [6, 6.07) is 2.31. The van der Waals surface area contributed by atoms with Crippen LogP contribution in [0.2, 0.25) is 5.15 Å². The first-order chi connectivity index (χ1) is 13.5. The fraction of sp³-hybridized carbons (Fsp3) is 0.571. The number of aromatic amines is 1. The van der Waals surface area contributed by atoms with Crippen LogP contribution in [0.1, 0.15) is 68.6 Å². The molecule has 1 N–H and O–H groups in total. The van der Waals surface area contributed by atoms with Gasteiger partial charge in [-0.1, -0.05) is 25.4 Å². The summed E-state index contributed by atoms with van der Waals surface area (Å²) in [4.78, 5) is 15.5. The van der Waals surface area contributed by atoms with Gasteiger partial charge < -0.3 is 9.88 Å². The van der Waals surface area contributed by atoms with E-state index in [0.29, 0.717) is 11.8 Å². The van der Waals surface area contributed by atoms with Crippen LogP contribution in [0.3, 0.4) is 0 Å². The lowest BCUT2D eigenvalue weighted by molar-refractivity contribution is 0.481. The largest absolute Gasteiger partial charge is 0.349 e. The average Bonchev–Trinajstić information content (AvgIpc) is 3.09. The van der Waals surface area contributed by atoms with Gasteiger partial charge in [0.1, 0.15) is 22.4 Å². The summed E-state index contributed by atoms with van der Waals surface area (Å²) in [5, 5.41) is 6.63. The van der Waals surface area contributed by atoms with Crippen molar-refractivity contribution in [3.8, 4) is 0 Å². The van der Waals surface area contributed by atoms with E-state index in [0.717, 1.165) is 65.0 Å². The van der Waals surface area contributed by atoms with Crippen LogP contribution in [-0.2, 0) is 6.54 Å². The van der Waals surface area contributed by atoms with Crippen LogP contribution in [0, 0.1) is 12.8 Å². The van der Waals surface area contributed by atoms with Crippen molar-refractivity contribution < 1.29 is 0 Å². The van der Waals surface area contributed by atoms with E-state index in [1.807, 2.05) is 10.9 Å². The molecule has 4 heterocycles. The molecule has 2 aliphatic rings. The minimum atomic E-state index is 0.216. The zero-order chi connectivity index (χ0) is 19.4. The van der Waals surface area contributed by atoms with Crippen molar-refractivity contribution in [2.45, 2.75) is 65.0 Å². The molecule has 3 aromatic rings. The van der Waals surface area contributed by atoms with Gasteiger partial charge in [-0.15, -0.1) is 0 Å². The standard InChI is InChI=1S/C21H27ClN6/c1-12(2)11-28-18(22)17(13(3)26-28)16-5-4-10-27(16)21-15-8-9-23-20(15)24-19(25-21)14-6-7-14/h8-9,12,14,16H,4-7,10-11H2,1-3H3,(H,23,24,25). The molecule has 1 saturated heterocycles. The highest BCUT2D eigenvalue weighted by Gasteiger charge is 2.35. The Bertz CT molecular complexity index is 1020. The third kappa shape index (κ3) is 2.98. The smallest absolute Gasteiger partial charge is 0.143 e. The van der Waals surface area contributed by atoms with Gasteiger partial charge in [0, 0.05) is 30.8 Å². The number of rotatable bonds is 5. The van der Waals surface area contributed by atoms with E-state index in [1.54, 1.807) is 0 Å². The molecule has 6 nitrogen and oxygen atoms in total. The summed E-state index contributed by atoms with van der Waals surface area (Å²) in [5.74, 6) is 3.05. The molecule has 7 heteroatoms. The SMILES string of the molecule is Cc1nn(CC(C)C)c(Cl)c1C1CCCN1c1nc(C2CC2)nc2[nH]ccc12. The van der Waals surface area contributed by atoms with Gasteiger partial charge >= 0.3 is 0 Å². The van der Waals surface area contributed by atoms with Gasteiger partial charge in [0.05, 0.1) is 17.1 Å². The molecule has 0 radical (unpaired) electrons. The van der Waals surface area contributed by atoms with E-state index in [1.165, 1.54) is 12.8 Å². The second-order valence-electron chi connectivity index (χ2n) is 8.64. The summed E-state index contributed by atoms with van der Waals surface area (Å²) in [5.41, 5.74) is 3.13. The monoisotopic (exact) mass is 398 g/mol. The molecule has 1 aliphatic heterocycles. The Hall–Kier alpha value is -2.08. The van der Waals surface area contributed by atoms with Crippen LogP contribution >= 0.6 is 11.6 Å². The number of hydrogen-bond donors (Lipinski definition) is 1. The predicted octanol–water partition coefficient (Wildman–Crippen LogP) is 4.99. The van der Waals surface area contributed by atoms with Gasteiger partial charge in [0.15, 0.2) is 0 Å². The summed E-state index contributed by atoms with van der Waals surface area (Å²) in [6.45, 7) is 8.29. The van der Waals surface area contributed by atoms with Crippen LogP contribution in [0.5, 0.6) is 0 Å². The maximum Gasteiger partial charge on any atom is 0.143 e. The highest BCUT2D eigenvalue weighted by molar-refractivity contribution is 6.30. The second-order valence-corrected chi connectivity index (χ2v) is 8.99. The number of hydrogen-bond acceptors (Lipinski definition) is 4. The first-order valence-corrected chi connectivity index (χ1v) is 10.7. The molecule has 28 heavy (non-hydrogen) atoms. The zero-order valence-electron chi connectivity index (χ0n) is 16.7. The topological polar surface area (TPSA) is 62.6 Å². The maximum atomic E-state index is 6.83. The van der Waals surface area contributed by atoms with Gasteiger partial charge in [0.25, 0.3) is 0 Å². The summed E-state index contributed by atoms with van der Waals surface area (Å²) in [6.07, 6.45) is 6.56. The molecule has 3 aromatic heterocycles. The van der Waals surface area contributed by atoms with Gasteiger partial charge in [0.2, 0.25) is 0 Å². The molecule has 0 amide bonds. The van der Waals surface area contributed by atoms with Crippen molar-refractivity contribution in [1.82, 2.24) is 24.7 Å². The number of halogens is 1. The molecule has 1 atom stereocenters. The normalized spacial score (nSPS) is 20.0. The van der Waals surface area contributed by atoms with E-state index in [-0.39, 0.29) is 6.04 Å². The Morgan fingerprint density at radius 2 is 2.07 bits per heavy atom. The number of anilines is 1. The van der Waals surface area contributed by atoms with Crippen molar-refractivity contribution in [2.75, 3.05) is 11.4 Å². The number of fused-ring (bicyclic) bond motifs is 1. The predicted molar refractivity (Wildman–Crippen MR) is 112 cm³/mol. The van der Waals surface area contributed by atoms with Crippen molar-refractivity contribution in [3.63, 3.8) is 0 Å². The highest BCUT2D eigenvalue weighted by atomic mass is 35.5. The summed E-state index contributed by atoms with van der Waals surface area (Å²) in [7, 11) is 0. The number of aromatic nitrogens is 5. The Morgan fingerprint density at radius 3 is 2.82 bits per heavy atom. The fourth-order valence-corrected chi connectivity index (χ4v) is 4.79. The minimum absolute atomic E-state index is 0.216. The molecular weight excluding hydrogens is 372 g/mol. The molecule has 5 rings (SSSR count). The Balaban J connectivity index is 1.58. The van der Waals surface area contributed by atoms with Gasteiger partial charge in [-0.05, 0) is 44.6 Å². The number of nitrogens with one attached hydrogen (secondary N) is 1. The van der Waals surface area contributed by atoms with E-state index >= 15 is 0 Å². The number of aryl methyl sites for hydroxylation is 1. The number of H-pyrrole nitrogens is 1. The second kappa shape index (κ2) is 6.76. The van der Waals surface area contributed by atoms with Gasteiger partial charge in [-0.25, -0.2) is 9.97 Å². The molecular formula is C21H27ClN6. The van der Waals surface area contributed by atoms with E-state index in [9.17, 15) is 0 Å². The highest BCUT2D eigenvalue weighted by Crippen LogP contribution is 2.44. The van der Waals surface area contributed by atoms with Crippen molar-refractivity contribution >= 4 is 28.5 Å². The van der Waals surface area contributed by atoms with E-state index in [4.69, 9.17) is 26.7 Å². The summed E-state index contributed by atoms with van der Waals surface area (Å²) < 4.78 is 1.97. The first kappa shape index (κ1) is 18.0. The van der Waals surface area contributed by atoms with Crippen molar-refractivity contribution in [3.05, 3.63) is 34.5 Å². The molecule has 1 aliphatic carbocycles. The Kier molecular flexibility index (Phi) is 4.34. The molecule has 0 aromatic carbocycles. The zero-order valence-corrected chi connectivity index (χ0v) is 17.5. The lowest BCUT2D eigenvalue weighted by Gasteiger charge is -2.27.